The van der Waals surface area contributed by atoms with Gasteiger partial charge in [-0.3, -0.25) is 14.3 Å². The average molecular weight is 506 g/mol. The Labute approximate surface area is 214 Å². The quantitative estimate of drug-likeness (QED) is 0.376. The summed E-state index contributed by atoms with van der Waals surface area (Å²) in [4.78, 5) is 21.2. The fourth-order valence-electron chi connectivity index (χ4n) is 4.79. The third-order valence-corrected chi connectivity index (χ3v) is 8.23. The van der Waals surface area contributed by atoms with Crippen LogP contribution < -0.4 is 15.0 Å². The number of aryl methyl sites for hydroxylation is 1. The van der Waals surface area contributed by atoms with E-state index < -0.39 is 0 Å². The fourth-order valence-corrected chi connectivity index (χ4v) is 5.83. The van der Waals surface area contributed by atoms with E-state index in [9.17, 15) is 9.90 Å². The zero-order valence-electron chi connectivity index (χ0n) is 20.9. The molecule has 7 nitrogen and oxygen atoms in total. The van der Waals surface area contributed by atoms with Crippen LogP contribution in [0.25, 0.3) is 26.3 Å². The molecule has 5 rings (SSSR count). The van der Waals surface area contributed by atoms with Gasteiger partial charge in [0.25, 0.3) is 5.56 Å². The Morgan fingerprint density at radius 3 is 2.69 bits per heavy atom. The maximum Gasteiger partial charge on any atom is 0.275 e. The van der Waals surface area contributed by atoms with Crippen molar-refractivity contribution in [3.8, 4) is 27.6 Å². The van der Waals surface area contributed by atoms with Crippen molar-refractivity contribution in [2.24, 2.45) is 0 Å². The zero-order chi connectivity index (χ0) is 25.3. The van der Waals surface area contributed by atoms with Crippen LogP contribution in [-0.2, 0) is 0 Å². The molecule has 2 aromatic carbocycles. The number of hydrogen-bond donors (Lipinski definition) is 1. The smallest absolute Gasteiger partial charge is 0.275 e. The van der Waals surface area contributed by atoms with Crippen molar-refractivity contribution in [1.82, 2.24) is 14.5 Å². The van der Waals surface area contributed by atoms with Crippen molar-refractivity contribution >= 4 is 21.6 Å². The van der Waals surface area contributed by atoms with E-state index in [1.54, 1.807) is 24.1 Å². The minimum atomic E-state index is -0.175. The fraction of sp³-hybridized carbons (Fsp3) is 0.357. The lowest BCUT2D eigenvalue weighted by Gasteiger charge is -2.33. The highest BCUT2D eigenvalue weighted by Gasteiger charge is 2.35. The number of hydrogen-bond acceptors (Lipinski definition) is 7. The number of methoxy groups -OCH3 is 1. The molecular weight excluding hydrogens is 474 g/mol. The summed E-state index contributed by atoms with van der Waals surface area (Å²) < 4.78 is 13.8. The van der Waals surface area contributed by atoms with Gasteiger partial charge in [0.15, 0.2) is 11.5 Å². The summed E-state index contributed by atoms with van der Waals surface area (Å²) in [6.07, 6.45) is 3.64. The van der Waals surface area contributed by atoms with Crippen molar-refractivity contribution in [1.29, 1.82) is 0 Å². The second kappa shape index (κ2) is 10.0. The number of nitrogens with zero attached hydrogens (tertiary/aromatic N) is 3. The highest BCUT2D eigenvalue weighted by atomic mass is 32.1. The zero-order valence-corrected chi connectivity index (χ0v) is 21.7. The number of benzene rings is 2. The molecule has 0 spiro atoms. The second-order valence-corrected chi connectivity index (χ2v) is 10.6. The van der Waals surface area contributed by atoms with Crippen molar-refractivity contribution in [3.05, 3.63) is 70.8 Å². The molecule has 2 aromatic heterocycles. The molecule has 0 bridgehead atoms. The van der Waals surface area contributed by atoms with Crippen molar-refractivity contribution in [2.75, 3.05) is 33.4 Å². The molecule has 1 aliphatic rings. The van der Waals surface area contributed by atoms with E-state index >= 15 is 0 Å². The number of aromatic nitrogens is 2. The maximum atomic E-state index is 13.4. The second-order valence-electron chi connectivity index (χ2n) is 9.54. The van der Waals surface area contributed by atoms with Crippen LogP contribution in [0.1, 0.15) is 25.3 Å². The molecule has 1 atom stereocenters. The van der Waals surface area contributed by atoms with Gasteiger partial charge in [0.2, 0.25) is 0 Å². The highest BCUT2D eigenvalue weighted by Crippen LogP contribution is 2.33. The van der Waals surface area contributed by atoms with Crippen LogP contribution in [0.4, 0.5) is 0 Å². The number of aliphatic hydroxyl groups excluding tert-OH is 1. The van der Waals surface area contributed by atoms with Gasteiger partial charge >= 0.3 is 0 Å². The lowest BCUT2D eigenvalue weighted by Crippen LogP contribution is -2.45. The lowest BCUT2D eigenvalue weighted by atomic mass is 10.0. The molecular formula is C28H31N3O4S. The first-order chi connectivity index (χ1) is 17.4. The monoisotopic (exact) mass is 505 g/mol. The van der Waals surface area contributed by atoms with Gasteiger partial charge in [0, 0.05) is 23.0 Å². The van der Waals surface area contributed by atoms with Crippen molar-refractivity contribution < 1.29 is 14.6 Å². The van der Waals surface area contributed by atoms with Crippen LogP contribution in [0.5, 0.6) is 11.5 Å². The van der Waals surface area contributed by atoms with Crippen LogP contribution >= 0.6 is 11.3 Å². The van der Waals surface area contributed by atoms with Gasteiger partial charge in [-0.15, -0.1) is 11.3 Å². The van der Waals surface area contributed by atoms with Gasteiger partial charge in [-0.05, 0) is 57.0 Å². The molecule has 188 valence electrons. The van der Waals surface area contributed by atoms with Crippen LogP contribution in [0.2, 0.25) is 0 Å². The summed E-state index contributed by atoms with van der Waals surface area (Å²) in [6.45, 7) is 6.47. The number of ether oxygens (including phenoxy) is 2. The Morgan fingerprint density at radius 2 is 1.94 bits per heavy atom. The standard InChI is InChI=1S/C28H31N3O4S/c1-19-5-7-20(8-6-19)25-16-22-26(36-25)27(33)31(18-29-22)21-9-10-23(24(15-21)34-3)35-14-13-30-12-4-11-28(30,2)17-32/h5-10,15-16,18,32H,4,11-14,17H2,1-3H3. The number of thiophene rings is 1. The number of likely N-dealkylation sites (tertiary alicyclic amines) is 1. The Kier molecular flexibility index (Phi) is 6.83. The van der Waals surface area contributed by atoms with Crippen LogP contribution in [0, 0.1) is 6.92 Å². The molecule has 4 aromatic rings. The van der Waals surface area contributed by atoms with Gasteiger partial charge in [0.05, 0.1) is 24.9 Å². The van der Waals surface area contributed by atoms with E-state index in [0.29, 0.717) is 34.0 Å². The lowest BCUT2D eigenvalue weighted by molar-refractivity contribution is 0.0675. The van der Waals surface area contributed by atoms with Gasteiger partial charge < -0.3 is 14.6 Å². The maximum absolute atomic E-state index is 13.4. The summed E-state index contributed by atoms with van der Waals surface area (Å²) in [5.74, 6) is 1.17. The Morgan fingerprint density at radius 1 is 1.14 bits per heavy atom. The highest BCUT2D eigenvalue weighted by molar-refractivity contribution is 7.22. The van der Waals surface area contributed by atoms with Gasteiger partial charge in [0.1, 0.15) is 17.6 Å². The summed E-state index contributed by atoms with van der Waals surface area (Å²) in [5.41, 5.74) is 3.34. The predicted molar refractivity (Wildman–Crippen MR) is 144 cm³/mol. The van der Waals surface area contributed by atoms with E-state index in [0.717, 1.165) is 36.4 Å². The first kappa shape index (κ1) is 24.5. The Hall–Kier alpha value is -3.20. The van der Waals surface area contributed by atoms with E-state index in [1.165, 1.54) is 16.9 Å². The third-order valence-electron chi connectivity index (χ3n) is 7.07. The SMILES string of the molecule is COc1cc(-n2cnc3cc(-c4ccc(C)cc4)sc3c2=O)ccc1OCCN1CCCC1(C)CO. The van der Waals surface area contributed by atoms with E-state index in [1.807, 2.05) is 18.2 Å². The molecule has 1 N–H and O–H groups in total. The topological polar surface area (TPSA) is 76.8 Å². The minimum absolute atomic E-state index is 0.114. The molecule has 1 aliphatic heterocycles. The normalized spacial score (nSPS) is 18.1. The molecule has 0 aliphatic carbocycles. The van der Waals surface area contributed by atoms with Gasteiger partial charge in [-0.1, -0.05) is 29.8 Å². The predicted octanol–water partition coefficient (Wildman–Crippen LogP) is 4.66. The van der Waals surface area contributed by atoms with E-state index in [4.69, 9.17) is 9.47 Å². The van der Waals surface area contributed by atoms with E-state index in [-0.39, 0.29) is 17.7 Å². The molecule has 0 radical (unpaired) electrons. The summed E-state index contributed by atoms with van der Waals surface area (Å²) in [6, 6.07) is 15.7. The molecule has 8 heteroatoms. The largest absolute Gasteiger partial charge is 0.493 e. The first-order valence-corrected chi connectivity index (χ1v) is 13.0. The molecule has 0 saturated carbocycles. The molecule has 0 amide bonds. The minimum Gasteiger partial charge on any atom is -0.493 e. The number of aliphatic hydroxyl groups is 1. The van der Waals surface area contributed by atoms with Crippen LogP contribution in [-0.4, -0.2) is 58.5 Å². The van der Waals surface area contributed by atoms with Gasteiger partial charge in [-0.2, -0.15) is 0 Å². The molecule has 1 saturated heterocycles. The summed E-state index contributed by atoms with van der Waals surface area (Å²) in [7, 11) is 1.59. The Bertz CT molecular complexity index is 1430. The molecule has 1 unspecified atom stereocenters. The third kappa shape index (κ3) is 4.64. The van der Waals surface area contributed by atoms with Crippen LogP contribution in [0.15, 0.2) is 59.7 Å². The van der Waals surface area contributed by atoms with Crippen LogP contribution in [0.3, 0.4) is 0 Å². The van der Waals surface area contributed by atoms with Gasteiger partial charge in [-0.25, -0.2) is 4.98 Å². The molecule has 36 heavy (non-hydrogen) atoms. The van der Waals surface area contributed by atoms with E-state index in [2.05, 4.69) is 48.0 Å². The average Bonchev–Trinajstić information content (AvgIpc) is 3.49. The summed E-state index contributed by atoms with van der Waals surface area (Å²) in [5, 5.41) is 9.76. The number of fused-ring (bicyclic) bond motifs is 1. The Balaban J connectivity index is 1.37. The van der Waals surface area contributed by atoms with Crippen molar-refractivity contribution in [2.45, 2.75) is 32.2 Å². The first-order valence-electron chi connectivity index (χ1n) is 12.2. The molecule has 1 fully saturated rings. The summed E-state index contributed by atoms with van der Waals surface area (Å²) >= 11 is 1.46. The molecule has 3 heterocycles. The van der Waals surface area contributed by atoms with Crippen molar-refractivity contribution in [3.63, 3.8) is 0 Å². The number of rotatable bonds is 8.